The molecule has 0 radical (unpaired) electrons. The van der Waals surface area contributed by atoms with Crippen molar-refractivity contribution in [1.29, 1.82) is 0 Å². The van der Waals surface area contributed by atoms with Crippen molar-refractivity contribution >= 4 is 6.21 Å². The normalized spacial score (nSPS) is 17.2. The van der Waals surface area contributed by atoms with E-state index in [1.807, 2.05) is 57.7 Å². The van der Waals surface area contributed by atoms with Crippen LogP contribution in [0.2, 0.25) is 0 Å². The third-order valence-electron chi connectivity index (χ3n) is 7.12. The lowest BCUT2D eigenvalue weighted by molar-refractivity contribution is 0.438. The SMILES string of the molecule is CCCCc1cn(-c2c(CC)ccn2C)c(=O)n1CC1(c2cccc(-c3nnn[nH]3)c2)C=CN=CC1. The largest absolute Gasteiger partial charge is 0.337 e. The van der Waals surface area contributed by atoms with Crippen molar-refractivity contribution in [3.05, 3.63) is 82.3 Å². The van der Waals surface area contributed by atoms with E-state index in [-0.39, 0.29) is 5.69 Å². The van der Waals surface area contributed by atoms with Crippen LogP contribution in [0.4, 0.5) is 0 Å². The van der Waals surface area contributed by atoms with Crippen molar-refractivity contribution < 1.29 is 0 Å². The number of allylic oxidation sites excluding steroid dienone is 1. The predicted octanol–water partition coefficient (Wildman–Crippen LogP) is 3.99. The molecule has 0 fully saturated rings. The number of aryl methyl sites for hydroxylation is 3. The molecule has 1 aromatic carbocycles. The van der Waals surface area contributed by atoms with Gasteiger partial charge in [0.15, 0.2) is 5.82 Å². The molecule has 1 aliphatic heterocycles. The van der Waals surface area contributed by atoms with E-state index >= 15 is 0 Å². The van der Waals surface area contributed by atoms with Crippen LogP contribution in [-0.4, -0.2) is 40.5 Å². The van der Waals surface area contributed by atoms with Gasteiger partial charge >= 0.3 is 5.69 Å². The molecule has 1 N–H and O–H groups in total. The second-order valence-electron chi connectivity index (χ2n) is 9.43. The molecule has 1 atom stereocenters. The maximum Gasteiger partial charge on any atom is 0.334 e. The first-order valence-corrected chi connectivity index (χ1v) is 12.6. The van der Waals surface area contributed by atoms with Gasteiger partial charge in [-0.2, -0.15) is 0 Å². The van der Waals surface area contributed by atoms with Crippen LogP contribution in [0, 0.1) is 0 Å². The Labute approximate surface area is 210 Å². The molecule has 3 aromatic heterocycles. The van der Waals surface area contributed by atoms with Gasteiger partial charge in [-0.15, -0.1) is 5.10 Å². The van der Waals surface area contributed by atoms with Crippen molar-refractivity contribution in [2.75, 3.05) is 0 Å². The van der Waals surface area contributed by atoms with Crippen LogP contribution in [0.15, 0.2) is 64.8 Å². The summed E-state index contributed by atoms with van der Waals surface area (Å²) in [5, 5.41) is 14.4. The molecule has 0 spiro atoms. The summed E-state index contributed by atoms with van der Waals surface area (Å²) >= 11 is 0. The maximum atomic E-state index is 14.0. The zero-order valence-corrected chi connectivity index (χ0v) is 21.1. The summed E-state index contributed by atoms with van der Waals surface area (Å²) < 4.78 is 5.83. The number of tetrazole rings is 1. The van der Waals surface area contributed by atoms with Gasteiger partial charge in [0.25, 0.3) is 0 Å². The van der Waals surface area contributed by atoms with E-state index in [4.69, 9.17) is 0 Å². The molecule has 0 saturated heterocycles. The maximum absolute atomic E-state index is 14.0. The Morgan fingerprint density at radius 1 is 1.19 bits per heavy atom. The molecule has 9 heteroatoms. The van der Waals surface area contributed by atoms with E-state index in [2.05, 4.69) is 63.7 Å². The molecule has 1 unspecified atom stereocenters. The van der Waals surface area contributed by atoms with Gasteiger partial charge in [-0.3, -0.25) is 14.1 Å². The first-order valence-electron chi connectivity index (χ1n) is 12.6. The minimum Gasteiger partial charge on any atom is -0.337 e. The lowest BCUT2D eigenvalue weighted by Crippen LogP contribution is -2.37. The van der Waals surface area contributed by atoms with Crippen molar-refractivity contribution in [2.24, 2.45) is 12.0 Å². The molecule has 4 aromatic rings. The van der Waals surface area contributed by atoms with Crippen molar-refractivity contribution in [3.63, 3.8) is 0 Å². The van der Waals surface area contributed by atoms with Crippen LogP contribution in [0.25, 0.3) is 17.2 Å². The smallest absolute Gasteiger partial charge is 0.334 e. The van der Waals surface area contributed by atoms with Gasteiger partial charge in [0, 0.05) is 55.1 Å². The van der Waals surface area contributed by atoms with Gasteiger partial charge in [-0.25, -0.2) is 9.89 Å². The number of hydrogen-bond donors (Lipinski definition) is 1. The summed E-state index contributed by atoms with van der Waals surface area (Å²) in [5.74, 6) is 1.55. The first-order chi connectivity index (χ1) is 17.6. The molecule has 36 heavy (non-hydrogen) atoms. The monoisotopic (exact) mass is 484 g/mol. The van der Waals surface area contributed by atoms with Crippen LogP contribution >= 0.6 is 0 Å². The van der Waals surface area contributed by atoms with E-state index in [1.165, 1.54) is 0 Å². The zero-order chi connectivity index (χ0) is 25.1. The highest BCUT2D eigenvalue weighted by Gasteiger charge is 2.33. The fourth-order valence-corrected chi connectivity index (χ4v) is 5.07. The molecular weight excluding hydrogens is 452 g/mol. The number of unbranched alkanes of at least 4 members (excludes halogenated alkanes) is 1. The molecule has 9 nitrogen and oxygen atoms in total. The molecule has 0 saturated carbocycles. The fourth-order valence-electron chi connectivity index (χ4n) is 5.07. The van der Waals surface area contributed by atoms with Crippen LogP contribution in [0.5, 0.6) is 0 Å². The number of nitrogens with one attached hydrogen (secondary N) is 1. The highest BCUT2D eigenvalue weighted by molar-refractivity contribution is 5.65. The van der Waals surface area contributed by atoms with E-state index in [0.29, 0.717) is 18.8 Å². The Bertz CT molecular complexity index is 1450. The topological polar surface area (TPSA) is 98.7 Å². The van der Waals surface area contributed by atoms with E-state index < -0.39 is 5.41 Å². The Morgan fingerprint density at radius 3 is 2.81 bits per heavy atom. The molecule has 0 bridgehead atoms. The number of aromatic nitrogens is 7. The van der Waals surface area contributed by atoms with Crippen LogP contribution in [-0.2, 0) is 31.8 Å². The van der Waals surface area contributed by atoms with Crippen molar-refractivity contribution in [1.82, 2.24) is 34.3 Å². The number of aromatic amines is 1. The van der Waals surface area contributed by atoms with Crippen molar-refractivity contribution in [2.45, 2.75) is 57.9 Å². The average Bonchev–Trinajstić information content (AvgIpc) is 3.64. The molecule has 186 valence electrons. The lowest BCUT2D eigenvalue weighted by atomic mass is 9.76. The Hall–Kier alpha value is -4.01. The minimum absolute atomic E-state index is 0.0107. The standard InChI is InChI=1S/C27H32N8O/c1-4-6-10-23-18-34(25-20(5-2)11-16-33(25)3)26(36)35(23)19-27(12-14-28-15-13-27)22-9-7-8-21(17-22)24-29-31-32-30-24/h7-9,11-12,14-18H,4-6,10,13,19H2,1-3H3,(H,29,30,31,32). The van der Waals surface area contributed by atoms with Gasteiger partial charge < -0.3 is 4.57 Å². The summed E-state index contributed by atoms with van der Waals surface area (Å²) in [6.45, 7) is 4.82. The van der Waals surface area contributed by atoms with Crippen LogP contribution in [0.1, 0.15) is 49.9 Å². The van der Waals surface area contributed by atoms with Gasteiger partial charge in [0.1, 0.15) is 5.82 Å². The highest BCUT2D eigenvalue weighted by Crippen LogP contribution is 2.35. The van der Waals surface area contributed by atoms with E-state index in [9.17, 15) is 4.79 Å². The summed E-state index contributed by atoms with van der Waals surface area (Å²) in [4.78, 5) is 18.3. The zero-order valence-electron chi connectivity index (χ0n) is 21.1. The number of benzene rings is 1. The van der Waals surface area contributed by atoms with Gasteiger partial charge in [-0.1, -0.05) is 44.5 Å². The third kappa shape index (κ3) is 4.25. The number of hydrogen-bond acceptors (Lipinski definition) is 5. The Kier molecular flexibility index (Phi) is 6.54. The predicted molar refractivity (Wildman–Crippen MR) is 141 cm³/mol. The van der Waals surface area contributed by atoms with Gasteiger partial charge in [0.05, 0.1) is 0 Å². The fraction of sp³-hybridized carbons (Fsp3) is 0.370. The number of rotatable bonds is 9. The molecule has 0 aliphatic carbocycles. The van der Waals surface area contributed by atoms with Gasteiger partial charge in [-0.05, 0) is 59.4 Å². The third-order valence-corrected chi connectivity index (χ3v) is 7.12. The molecule has 5 rings (SSSR count). The number of nitrogens with zero attached hydrogens (tertiary/aromatic N) is 7. The summed E-state index contributed by atoms with van der Waals surface area (Å²) in [7, 11) is 2.00. The Balaban J connectivity index is 1.62. The average molecular weight is 485 g/mol. The molecule has 1 aliphatic rings. The first kappa shape index (κ1) is 23.7. The summed E-state index contributed by atoms with van der Waals surface area (Å²) in [6.07, 6.45) is 14.5. The number of aliphatic imine (C=N–C) groups is 1. The van der Waals surface area contributed by atoms with Crippen LogP contribution < -0.4 is 5.69 Å². The Morgan fingerprint density at radius 2 is 2.08 bits per heavy atom. The van der Waals surface area contributed by atoms with E-state index in [1.54, 1.807) is 0 Å². The van der Waals surface area contributed by atoms with Crippen molar-refractivity contribution in [3.8, 4) is 17.2 Å². The summed E-state index contributed by atoms with van der Waals surface area (Å²) in [5.41, 5.74) is 3.77. The van der Waals surface area contributed by atoms with Crippen LogP contribution in [0.3, 0.4) is 0 Å². The molecular formula is C27H32N8O. The molecule has 4 heterocycles. The second kappa shape index (κ2) is 9.93. The summed E-state index contributed by atoms with van der Waals surface area (Å²) in [6, 6.07) is 10.3. The molecule has 0 amide bonds. The second-order valence-corrected chi connectivity index (χ2v) is 9.43. The number of imidazole rings is 1. The number of H-pyrrole nitrogens is 1. The minimum atomic E-state index is -0.427. The quantitative estimate of drug-likeness (QED) is 0.388. The highest BCUT2D eigenvalue weighted by atomic mass is 16.1. The van der Waals surface area contributed by atoms with E-state index in [0.717, 1.165) is 53.9 Å². The van der Waals surface area contributed by atoms with Gasteiger partial charge in [0.2, 0.25) is 0 Å². The lowest BCUT2D eigenvalue weighted by Gasteiger charge is -2.32.